The highest BCUT2D eigenvalue weighted by molar-refractivity contribution is 6.63. The van der Waals surface area contributed by atoms with Crippen molar-refractivity contribution >= 4 is 14.1 Å². The lowest BCUT2D eigenvalue weighted by atomic mass is 10.2. The Labute approximate surface area is 81.8 Å². The van der Waals surface area contributed by atoms with Crippen LogP contribution in [0.4, 0.5) is 0 Å². The van der Waals surface area contributed by atoms with Crippen LogP contribution in [0.25, 0.3) is 0 Å². The summed E-state index contributed by atoms with van der Waals surface area (Å²) in [5.41, 5.74) is 1.44. The Balaban J connectivity index is 3.84. The molecule has 0 aromatic carbocycles. The maximum absolute atomic E-state index is 2.40. The second-order valence-corrected chi connectivity index (χ2v) is 6.89. The van der Waals surface area contributed by atoms with Gasteiger partial charge in [0.25, 0.3) is 14.1 Å². The molecule has 1 heteroatoms. The minimum absolute atomic E-state index is 0.517. The van der Waals surface area contributed by atoms with Crippen LogP contribution in [0.3, 0.4) is 0 Å². The lowest BCUT2D eigenvalue weighted by Gasteiger charge is -2.05. The van der Waals surface area contributed by atoms with Gasteiger partial charge in [-0.15, -0.1) is 22.1 Å². The summed E-state index contributed by atoms with van der Waals surface area (Å²) in [4.78, 5) is 0. The highest BCUT2D eigenvalue weighted by atomic mass is 27.2. The van der Waals surface area contributed by atoms with Crippen LogP contribution in [0.5, 0.6) is 0 Å². The summed E-state index contributed by atoms with van der Waals surface area (Å²) in [6, 6.07) is 0. The summed E-state index contributed by atoms with van der Waals surface area (Å²) in [7, 11) is 0. The average Bonchev–Trinajstić information content (AvgIpc) is 1.96. The standard InChI is InChI=1S/C9H15.2CH3.Al/c1-4-5-6-7-8-9(2)3;;;/h4,8H,6-7H2,1-3H3;2*1H3;. The van der Waals surface area contributed by atoms with E-state index in [2.05, 4.69) is 44.5 Å². The van der Waals surface area contributed by atoms with Gasteiger partial charge in [0.05, 0.1) is 0 Å². The first-order valence-corrected chi connectivity index (χ1v) is 7.75. The molecule has 0 aliphatic heterocycles. The third kappa shape index (κ3) is 5.64. The lowest BCUT2D eigenvalue weighted by Crippen LogP contribution is -2.04. The molecule has 0 nitrogen and oxygen atoms in total. The molecule has 0 atom stereocenters. The van der Waals surface area contributed by atoms with E-state index in [1.54, 1.807) is 4.44 Å². The minimum atomic E-state index is -0.517. The Morgan fingerprint density at radius 3 is 2.17 bits per heavy atom. The van der Waals surface area contributed by atoms with E-state index in [4.69, 9.17) is 0 Å². The van der Waals surface area contributed by atoms with Crippen molar-refractivity contribution < 1.29 is 0 Å². The molecule has 12 heavy (non-hydrogen) atoms. The van der Waals surface area contributed by atoms with E-state index in [9.17, 15) is 0 Å². The predicted octanol–water partition coefficient (Wildman–Crippen LogP) is 3.97. The van der Waals surface area contributed by atoms with Gasteiger partial charge in [0.2, 0.25) is 0 Å². The van der Waals surface area contributed by atoms with Crippen molar-refractivity contribution in [3.63, 3.8) is 0 Å². The van der Waals surface area contributed by atoms with Crippen molar-refractivity contribution in [2.75, 3.05) is 0 Å². The van der Waals surface area contributed by atoms with Crippen molar-refractivity contribution in [2.45, 2.75) is 45.2 Å². The van der Waals surface area contributed by atoms with Crippen LogP contribution in [0.15, 0.2) is 22.2 Å². The zero-order valence-electron chi connectivity index (χ0n) is 9.15. The SMILES string of the molecule is C/C=[C](/CCC=C(C)C)[Al]([CH3])[CH3]. The fourth-order valence-corrected chi connectivity index (χ4v) is 2.70. The van der Waals surface area contributed by atoms with Crippen LogP contribution in [0.1, 0.15) is 33.6 Å². The van der Waals surface area contributed by atoms with Gasteiger partial charge in [0.1, 0.15) is 0 Å². The van der Waals surface area contributed by atoms with Gasteiger partial charge in [-0.1, -0.05) is 11.6 Å². The summed E-state index contributed by atoms with van der Waals surface area (Å²) in [6.07, 6.45) is 7.16. The molecule has 0 heterocycles. The van der Waals surface area contributed by atoms with Crippen LogP contribution in [-0.2, 0) is 0 Å². The molecule has 0 saturated heterocycles. The van der Waals surface area contributed by atoms with Crippen LogP contribution in [-0.4, -0.2) is 14.1 Å². The van der Waals surface area contributed by atoms with Crippen LogP contribution in [0.2, 0.25) is 11.6 Å². The number of rotatable bonds is 4. The van der Waals surface area contributed by atoms with Gasteiger partial charge >= 0.3 is 0 Å². The summed E-state index contributed by atoms with van der Waals surface area (Å²) in [6.45, 7) is 6.51. The van der Waals surface area contributed by atoms with Crippen LogP contribution in [0, 0.1) is 0 Å². The maximum Gasteiger partial charge on any atom is 0.292 e. The Hall–Kier alpha value is 0.0125. The first kappa shape index (κ1) is 12.0. The van der Waals surface area contributed by atoms with Crippen LogP contribution >= 0.6 is 0 Å². The predicted molar refractivity (Wildman–Crippen MR) is 59.9 cm³/mol. The largest absolute Gasteiger partial charge is 0.292 e. The van der Waals surface area contributed by atoms with E-state index in [0.29, 0.717) is 0 Å². The van der Waals surface area contributed by atoms with E-state index >= 15 is 0 Å². The Kier molecular flexibility index (Phi) is 6.53. The molecule has 0 bridgehead atoms. The van der Waals surface area contributed by atoms with Crippen molar-refractivity contribution in [3.8, 4) is 0 Å². The third-order valence-corrected chi connectivity index (χ3v) is 4.20. The van der Waals surface area contributed by atoms with E-state index in [1.807, 2.05) is 0 Å². The zero-order chi connectivity index (χ0) is 9.56. The number of hydrogen-bond acceptors (Lipinski definition) is 0. The van der Waals surface area contributed by atoms with Gasteiger partial charge in [-0.25, -0.2) is 0 Å². The number of hydrogen-bond donors (Lipinski definition) is 0. The molecule has 0 spiro atoms. The minimum Gasteiger partial charge on any atom is -0.135 e. The van der Waals surface area contributed by atoms with Crippen LogP contribution < -0.4 is 0 Å². The van der Waals surface area contributed by atoms with Gasteiger partial charge < -0.3 is 0 Å². The molecule has 0 radical (unpaired) electrons. The molecule has 0 rings (SSSR count). The summed E-state index contributed by atoms with van der Waals surface area (Å²) >= 11 is -0.517. The van der Waals surface area contributed by atoms with E-state index in [0.717, 1.165) is 0 Å². The average molecular weight is 180 g/mol. The third-order valence-electron chi connectivity index (χ3n) is 2.10. The van der Waals surface area contributed by atoms with E-state index in [-0.39, 0.29) is 0 Å². The highest BCUT2D eigenvalue weighted by Crippen LogP contribution is 2.10. The van der Waals surface area contributed by atoms with E-state index in [1.165, 1.54) is 18.4 Å². The molecule has 68 valence electrons. The normalized spacial score (nSPS) is 11.2. The highest BCUT2D eigenvalue weighted by Gasteiger charge is 2.06. The van der Waals surface area contributed by atoms with Gasteiger partial charge in [0.15, 0.2) is 0 Å². The lowest BCUT2D eigenvalue weighted by molar-refractivity contribution is 1.01. The molecule has 0 amide bonds. The molecule has 0 aromatic rings. The fourth-order valence-electron chi connectivity index (χ4n) is 1.29. The second kappa shape index (κ2) is 6.52. The topological polar surface area (TPSA) is 0 Å². The van der Waals surface area contributed by atoms with Crippen molar-refractivity contribution in [3.05, 3.63) is 22.2 Å². The molecule has 0 N–H and O–H groups in total. The molecule has 0 unspecified atom stereocenters. The van der Waals surface area contributed by atoms with Gasteiger partial charge in [-0.2, -0.15) is 0 Å². The molecule has 0 aromatic heterocycles. The quantitative estimate of drug-likeness (QED) is 0.453. The van der Waals surface area contributed by atoms with Gasteiger partial charge in [-0.05, 0) is 33.6 Å². The monoisotopic (exact) mass is 180 g/mol. The Morgan fingerprint density at radius 1 is 1.25 bits per heavy atom. The molecule has 0 aliphatic carbocycles. The molecular weight excluding hydrogens is 159 g/mol. The van der Waals surface area contributed by atoms with Crippen molar-refractivity contribution in [2.24, 2.45) is 0 Å². The van der Waals surface area contributed by atoms with Gasteiger partial charge in [-0.3, -0.25) is 0 Å². The summed E-state index contributed by atoms with van der Waals surface area (Å²) in [5.74, 6) is 4.80. The summed E-state index contributed by atoms with van der Waals surface area (Å²) in [5, 5.41) is 0. The van der Waals surface area contributed by atoms with Crippen molar-refractivity contribution in [1.29, 1.82) is 0 Å². The second-order valence-electron chi connectivity index (χ2n) is 3.84. The molecule has 0 aliphatic rings. The Bertz CT molecular complexity index is 171. The fraction of sp³-hybridized carbons (Fsp3) is 0.636. The molecule has 0 saturated carbocycles. The summed E-state index contributed by atoms with van der Waals surface area (Å²) < 4.78 is 1.72. The van der Waals surface area contributed by atoms with Crippen molar-refractivity contribution in [1.82, 2.24) is 0 Å². The number of allylic oxidation sites excluding steroid dienone is 4. The molecule has 0 fully saturated rings. The maximum atomic E-state index is 2.40. The molecular formula is C11H21Al. The zero-order valence-corrected chi connectivity index (χ0v) is 10.3. The first-order chi connectivity index (χ1) is 5.57. The van der Waals surface area contributed by atoms with E-state index < -0.39 is 14.1 Å². The first-order valence-electron chi connectivity index (χ1n) is 4.86. The Morgan fingerprint density at radius 2 is 1.83 bits per heavy atom. The van der Waals surface area contributed by atoms with Gasteiger partial charge in [0, 0.05) is 0 Å². The smallest absolute Gasteiger partial charge is 0.135 e.